The number of hydrogen-bond donors (Lipinski definition) is 3. The summed E-state index contributed by atoms with van der Waals surface area (Å²) in [5.41, 5.74) is 2.61. The molecular formula is C32H42O5. The Morgan fingerprint density at radius 3 is 2.49 bits per heavy atom. The first-order chi connectivity index (χ1) is 17.6. The molecule has 0 radical (unpaired) electrons. The third-order valence-corrected chi connectivity index (χ3v) is 6.61. The number of Topliss-reactive ketones (excluding diaryl/α,β-unsaturated/α-hetero) is 1. The predicted octanol–water partition coefficient (Wildman–Crippen LogP) is 6.32. The Labute approximate surface area is 221 Å². The molecule has 1 aromatic carbocycles. The Morgan fingerprint density at radius 2 is 1.78 bits per heavy atom. The largest absolute Gasteiger partial charge is 0.504 e. The van der Waals surface area contributed by atoms with Crippen LogP contribution in [0.3, 0.4) is 0 Å². The van der Waals surface area contributed by atoms with Gasteiger partial charge in [0.15, 0.2) is 17.6 Å². The van der Waals surface area contributed by atoms with Crippen molar-refractivity contribution in [2.24, 2.45) is 11.8 Å². The Bertz CT molecular complexity index is 1060. The maximum Gasteiger partial charge on any atom is 0.202 e. The Morgan fingerprint density at radius 1 is 1.08 bits per heavy atom. The Kier molecular flexibility index (Phi) is 12.3. The molecule has 1 aliphatic rings. The molecule has 1 aromatic rings. The monoisotopic (exact) mass is 506 g/mol. The van der Waals surface area contributed by atoms with E-state index in [1.165, 1.54) is 5.56 Å². The topological polar surface area (TPSA) is 87.0 Å². The summed E-state index contributed by atoms with van der Waals surface area (Å²) in [4.78, 5) is 11.8. The quantitative estimate of drug-likeness (QED) is 0.289. The van der Waals surface area contributed by atoms with Crippen LogP contribution in [0.5, 0.6) is 0 Å². The number of hydrogen-bond acceptors (Lipinski definition) is 5. The van der Waals surface area contributed by atoms with Crippen LogP contribution >= 0.6 is 0 Å². The van der Waals surface area contributed by atoms with Crippen molar-refractivity contribution >= 4 is 5.78 Å². The van der Waals surface area contributed by atoms with Crippen LogP contribution in [0.2, 0.25) is 0 Å². The van der Waals surface area contributed by atoms with Gasteiger partial charge in [-0.3, -0.25) is 4.79 Å². The molecule has 0 amide bonds. The molecule has 0 aromatic heterocycles. The van der Waals surface area contributed by atoms with Gasteiger partial charge in [-0.15, -0.1) is 0 Å². The summed E-state index contributed by atoms with van der Waals surface area (Å²) in [7, 11) is 0. The number of rotatable bonds is 12. The molecule has 1 heterocycles. The molecule has 0 fully saturated rings. The molecule has 1 aliphatic heterocycles. The van der Waals surface area contributed by atoms with E-state index in [1.54, 1.807) is 32.1 Å². The molecule has 2 rings (SSSR count). The first kappa shape index (κ1) is 30.1. The van der Waals surface area contributed by atoms with Crippen LogP contribution in [0, 0.1) is 11.8 Å². The number of aryl methyl sites for hydroxylation is 1. The minimum atomic E-state index is -0.753. The molecule has 0 saturated carbocycles. The fourth-order valence-electron chi connectivity index (χ4n) is 4.04. The summed E-state index contributed by atoms with van der Waals surface area (Å²) in [6.07, 6.45) is 15.1. The van der Waals surface area contributed by atoms with Gasteiger partial charge < -0.3 is 20.1 Å². The van der Waals surface area contributed by atoms with Gasteiger partial charge in [0.05, 0.1) is 12.2 Å². The van der Waals surface area contributed by atoms with E-state index < -0.39 is 18.3 Å². The van der Waals surface area contributed by atoms with Crippen LogP contribution in [-0.4, -0.2) is 39.4 Å². The van der Waals surface area contributed by atoms with Crippen molar-refractivity contribution in [3.05, 3.63) is 107 Å². The first-order valence-corrected chi connectivity index (χ1v) is 13.0. The molecule has 0 aliphatic carbocycles. The van der Waals surface area contributed by atoms with E-state index in [2.05, 4.69) is 19.1 Å². The first-order valence-electron chi connectivity index (χ1n) is 13.0. The van der Waals surface area contributed by atoms with Crippen molar-refractivity contribution in [3.8, 4) is 0 Å². The van der Waals surface area contributed by atoms with Gasteiger partial charge in [-0.05, 0) is 57.6 Å². The van der Waals surface area contributed by atoms with Crippen LogP contribution in [0.1, 0.15) is 53.0 Å². The van der Waals surface area contributed by atoms with Crippen LogP contribution in [-0.2, 0) is 16.0 Å². The minimum Gasteiger partial charge on any atom is -0.504 e. The lowest BCUT2D eigenvalue weighted by Gasteiger charge is -2.23. The lowest BCUT2D eigenvalue weighted by atomic mass is 9.88. The molecule has 0 spiro atoms. The lowest BCUT2D eigenvalue weighted by Crippen LogP contribution is -2.28. The Balaban J connectivity index is 1.79. The van der Waals surface area contributed by atoms with Crippen molar-refractivity contribution < 1.29 is 24.9 Å². The van der Waals surface area contributed by atoms with Crippen LogP contribution in [0.15, 0.2) is 102 Å². The van der Waals surface area contributed by atoms with Crippen molar-refractivity contribution in [2.45, 2.75) is 72.2 Å². The van der Waals surface area contributed by atoms with Gasteiger partial charge in [0.1, 0.15) is 0 Å². The van der Waals surface area contributed by atoms with Gasteiger partial charge in [0.25, 0.3) is 0 Å². The van der Waals surface area contributed by atoms with E-state index >= 15 is 0 Å². The molecular weight excluding hydrogens is 464 g/mol. The lowest BCUT2D eigenvalue weighted by molar-refractivity contribution is -0.125. The van der Waals surface area contributed by atoms with E-state index in [0.29, 0.717) is 0 Å². The third-order valence-electron chi connectivity index (χ3n) is 6.61. The van der Waals surface area contributed by atoms with Crippen LogP contribution in [0.25, 0.3) is 0 Å². The number of carbonyl (C=O) groups is 1. The minimum absolute atomic E-state index is 0.0512. The maximum atomic E-state index is 11.8. The van der Waals surface area contributed by atoms with Gasteiger partial charge in [-0.1, -0.05) is 92.3 Å². The fraction of sp³-hybridized carbons (Fsp3) is 0.406. The highest BCUT2D eigenvalue weighted by Gasteiger charge is 2.28. The average Bonchev–Trinajstić information content (AvgIpc) is 2.89. The smallest absolute Gasteiger partial charge is 0.202 e. The van der Waals surface area contributed by atoms with Crippen molar-refractivity contribution in [3.63, 3.8) is 0 Å². The van der Waals surface area contributed by atoms with Crippen molar-refractivity contribution in [1.82, 2.24) is 0 Å². The second kappa shape index (κ2) is 15.2. The normalized spacial score (nSPS) is 21.7. The van der Waals surface area contributed by atoms with E-state index in [9.17, 15) is 20.1 Å². The summed E-state index contributed by atoms with van der Waals surface area (Å²) in [6, 6.07) is 10.4. The van der Waals surface area contributed by atoms with Gasteiger partial charge in [-0.2, -0.15) is 0 Å². The highest BCUT2D eigenvalue weighted by Crippen LogP contribution is 2.24. The van der Waals surface area contributed by atoms with Crippen LogP contribution in [0.4, 0.5) is 0 Å². The van der Waals surface area contributed by atoms with E-state index in [1.807, 2.05) is 62.4 Å². The number of allylic oxidation sites excluding steroid dienone is 6. The van der Waals surface area contributed by atoms with E-state index in [-0.39, 0.29) is 41.1 Å². The van der Waals surface area contributed by atoms with Gasteiger partial charge in [-0.25, -0.2) is 0 Å². The van der Waals surface area contributed by atoms with E-state index in [0.717, 1.165) is 18.4 Å². The molecule has 3 N–H and O–H groups in total. The second-order valence-corrected chi connectivity index (χ2v) is 9.86. The number of aliphatic hydroxyl groups excluding tert-OH is 3. The second-order valence-electron chi connectivity index (χ2n) is 9.86. The molecule has 200 valence electrons. The van der Waals surface area contributed by atoms with Crippen molar-refractivity contribution in [1.29, 1.82) is 0 Å². The van der Waals surface area contributed by atoms with Gasteiger partial charge in [0, 0.05) is 11.5 Å². The van der Waals surface area contributed by atoms with Crippen molar-refractivity contribution in [2.75, 3.05) is 0 Å². The third kappa shape index (κ3) is 10.0. The van der Waals surface area contributed by atoms with Gasteiger partial charge >= 0.3 is 0 Å². The molecule has 5 atom stereocenters. The highest BCUT2D eigenvalue weighted by molar-refractivity contribution is 6.00. The summed E-state index contributed by atoms with van der Waals surface area (Å²) in [5, 5.41) is 30.9. The molecule has 0 bridgehead atoms. The molecule has 5 heteroatoms. The zero-order valence-electron chi connectivity index (χ0n) is 22.7. The zero-order chi connectivity index (χ0) is 27.4. The summed E-state index contributed by atoms with van der Waals surface area (Å²) < 4.78 is 5.43. The van der Waals surface area contributed by atoms with E-state index in [4.69, 9.17) is 4.74 Å². The molecule has 0 saturated heterocycles. The summed E-state index contributed by atoms with van der Waals surface area (Å²) >= 11 is 0. The highest BCUT2D eigenvalue weighted by atomic mass is 16.5. The van der Waals surface area contributed by atoms with Gasteiger partial charge in [0.2, 0.25) is 5.78 Å². The Hall–Kier alpha value is -3.15. The number of carbonyl (C=O) groups excluding carboxylic acids is 1. The number of aliphatic hydroxyl groups is 3. The number of ketones is 1. The number of benzene rings is 1. The van der Waals surface area contributed by atoms with Crippen LogP contribution < -0.4 is 0 Å². The predicted molar refractivity (Wildman–Crippen MR) is 150 cm³/mol. The average molecular weight is 507 g/mol. The summed E-state index contributed by atoms with van der Waals surface area (Å²) in [5.74, 6) is 0.0731. The molecule has 5 nitrogen and oxygen atoms in total. The zero-order valence-corrected chi connectivity index (χ0v) is 22.7. The standard InChI is InChI=1S/C32H42O5/c1-22(13-11-14-23(2)30(34)24(3)18-19-27-15-7-6-8-16-27)12-9-10-17-28(33)20-21-29-32(36)25(4)31(35)26(5)37-29/h6-17,21,23-24,26,28,30,33-34,36H,18-20H2,1-5H3. The fourth-order valence-corrected chi connectivity index (χ4v) is 4.04. The number of ether oxygens (including phenoxy) is 1. The SMILES string of the molecule is CC(C=CC=CC(O)CC=C1OC(C)C(=O)C(C)=C1O)=CC=CC(C)C(O)C(C)CCc1ccccc1. The summed E-state index contributed by atoms with van der Waals surface area (Å²) in [6.45, 7) is 9.32. The maximum absolute atomic E-state index is 11.8. The molecule has 37 heavy (non-hydrogen) atoms. The molecule has 5 unspecified atom stereocenters.